The summed E-state index contributed by atoms with van der Waals surface area (Å²) in [6.07, 6.45) is 1.73. The molecule has 0 bridgehead atoms. The summed E-state index contributed by atoms with van der Waals surface area (Å²) in [7, 11) is 0. The van der Waals surface area contributed by atoms with Gasteiger partial charge in [0.25, 0.3) is 0 Å². The molecule has 19 heavy (non-hydrogen) atoms. The van der Waals surface area contributed by atoms with Gasteiger partial charge in [-0.2, -0.15) is 0 Å². The molecule has 0 fully saturated rings. The van der Waals surface area contributed by atoms with Crippen LogP contribution in [0.4, 0.5) is 15.8 Å². The second-order valence-electron chi connectivity index (χ2n) is 3.94. The molecular formula is C12H12FN3O2S. The van der Waals surface area contributed by atoms with E-state index < -0.39 is 11.8 Å². The summed E-state index contributed by atoms with van der Waals surface area (Å²) in [6.45, 7) is 2.26. The van der Waals surface area contributed by atoms with Crippen molar-refractivity contribution in [3.05, 3.63) is 39.6 Å². The quantitative estimate of drug-likeness (QED) is 0.749. The van der Waals surface area contributed by atoms with E-state index in [0.29, 0.717) is 6.54 Å². The number of hydrogen-bond acceptors (Lipinski definition) is 5. The lowest BCUT2D eigenvalue weighted by Crippen LogP contribution is -2.07. The predicted octanol–water partition coefficient (Wildman–Crippen LogP) is 2.48. The van der Waals surface area contributed by atoms with Crippen LogP contribution in [-0.2, 0) is 6.54 Å². The lowest BCUT2D eigenvalue weighted by Gasteiger charge is -2.09. The summed E-state index contributed by atoms with van der Waals surface area (Å²) in [5.41, 5.74) is 5.32. The van der Waals surface area contributed by atoms with Gasteiger partial charge in [0, 0.05) is 16.8 Å². The number of nitrogen functional groups attached to an aromatic ring is 1. The van der Waals surface area contributed by atoms with Crippen molar-refractivity contribution >= 4 is 28.7 Å². The van der Waals surface area contributed by atoms with Gasteiger partial charge in [-0.25, -0.2) is 14.2 Å². The summed E-state index contributed by atoms with van der Waals surface area (Å²) in [6, 6.07) is 2.19. The van der Waals surface area contributed by atoms with Crippen LogP contribution in [-0.4, -0.2) is 16.1 Å². The summed E-state index contributed by atoms with van der Waals surface area (Å²) in [5, 5.41) is 12.5. The number of thiazole rings is 1. The Bertz CT molecular complexity index is 627. The number of halogens is 1. The predicted molar refractivity (Wildman–Crippen MR) is 71.9 cm³/mol. The fraction of sp³-hybridized carbons (Fsp3) is 0.167. The third-order valence-electron chi connectivity index (χ3n) is 2.47. The van der Waals surface area contributed by atoms with Gasteiger partial charge in [-0.3, -0.25) is 0 Å². The second kappa shape index (κ2) is 5.23. The molecule has 1 aromatic heterocycles. The van der Waals surface area contributed by atoms with Crippen LogP contribution in [0.1, 0.15) is 20.2 Å². The minimum atomic E-state index is -1.19. The van der Waals surface area contributed by atoms with Crippen LogP contribution in [0.25, 0.3) is 0 Å². The number of aryl methyl sites for hydroxylation is 1. The van der Waals surface area contributed by atoms with Gasteiger partial charge in [0.2, 0.25) is 0 Å². The molecule has 0 radical (unpaired) electrons. The lowest BCUT2D eigenvalue weighted by molar-refractivity contribution is 0.0698. The first kappa shape index (κ1) is 13.3. The summed E-state index contributed by atoms with van der Waals surface area (Å²) in [5.74, 6) is -1.78. The molecule has 0 aliphatic heterocycles. The van der Waals surface area contributed by atoms with Crippen molar-refractivity contribution in [1.29, 1.82) is 0 Å². The molecule has 2 rings (SSSR count). The average molecular weight is 281 g/mol. The number of carbonyl (C=O) groups is 1. The topological polar surface area (TPSA) is 88.2 Å². The smallest absolute Gasteiger partial charge is 0.337 e. The van der Waals surface area contributed by atoms with Crippen molar-refractivity contribution in [2.24, 2.45) is 0 Å². The average Bonchev–Trinajstić information content (AvgIpc) is 2.73. The zero-order chi connectivity index (χ0) is 14.0. The van der Waals surface area contributed by atoms with Gasteiger partial charge in [0.05, 0.1) is 17.8 Å². The molecule has 4 N–H and O–H groups in total. The molecule has 100 valence electrons. The van der Waals surface area contributed by atoms with Gasteiger partial charge in [-0.05, 0) is 19.1 Å². The van der Waals surface area contributed by atoms with Crippen LogP contribution in [0.15, 0.2) is 18.3 Å². The first-order chi connectivity index (χ1) is 8.97. The van der Waals surface area contributed by atoms with Gasteiger partial charge in [0.1, 0.15) is 10.8 Å². The number of hydrogen-bond donors (Lipinski definition) is 3. The minimum Gasteiger partial charge on any atom is -0.478 e. The standard InChI is InChI=1S/C12H12FN3O2S/c1-6-4-16-11(19-6)5-15-10-2-7(12(17)18)9(14)3-8(10)13/h2-4,15H,5,14H2,1H3,(H,17,18). The zero-order valence-electron chi connectivity index (χ0n) is 10.1. The highest BCUT2D eigenvalue weighted by atomic mass is 32.1. The molecule has 5 nitrogen and oxygen atoms in total. The van der Waals surface area contributed by atoms with E-state index in [1.807, 2.05) is 6.92 Å². The van der Waals surface area contributed by atoms with Gasteiger partial charge >= 0.3 is 5.97 Å². The molecule has 7 heteroatoms. The molecule has 0 saturated heterocycles. The number of carboxylic acids is 1. The Kier molecular flexibility index (Phi) is 3.66. The highest BCUT2D eigenvalue weighted by Gasteiger charge is 2.13. The van der Waals surface area contributed by atoms with Crippen molar-refractivity contribution in [3.8, 4) is 0 Å². The number of rotatable bonds is 4. The maximum absolute atomic E-state index is 13.6. The van der Waals surface area contributed by atoms with Crippen LogP contribution in [0, 0.1) is 12.7 Å². The Morgan fingerprint density at radius 3 is 2.89 bits per heavy atom. The Balaban J connectivity index is 2.20. The number of nitrogens with one attached hydrogen (secondary N) is 1. The largest absolute Gasteiger partial charge is 0.478 e. The molecule has 0 spiro atoms. The van der Waals surface area contributed by atoms with E-state index in [1.54, 1.807) is 6.20 Å². The van der Waals surface area contributed by atoms with Crippen LogP contribution in [0.2, 0.25) is 0 Å². The first-order valence-corrected chi connectivity index (χ1v) is 6.26. The molecule has 0 atom stereocenters. The van der Waals surface area contributed by atoms with E-state index in [4.69, 9.17) is 10.8 Å². The fourth-order valence-corrected chi connectivity index (χ4v) is 2.29. The maximum Gasteiger partial charge on any atom is 0.337 e. The van der Waals surface area contributed by atoms with Crippen LogP contribution < -0.4 is 11.1 Å². The fourth-order valence-electron chi connectivity index (χ4n) is 1.56. The number of carboxylic acid groups (broad SMARTS) is 1. The van der Waals surface area contributed by atoms with E-state index in [2.05, 4.69) is 10.3 Å². The Morgan fingerprint density at radius 1 is 1.58 bits per heavy atom. The third kappa shape index (κ3) is 3.00. The molecule has 0 unspecified atom stereocenters. The molecular weight excluding hydrogens is 269 g/mol. The molecule has 0 saturated carbocycles. The number of benzene rings is 1. The molecule has 1 aromatic carbocycles. The molecule has 1 heterocycles. The van der Waals surface area contributed by atoms with E-state index in [1.165, 1.54) is 17.4 Å². The number of aromatic nitrogens is 1. The first-order valence-electron chi connectivity index (χ1n) is 5.45. The molecule has 0 aliphatic rings. The summed E-state index contributed by atoms with van der Waals surface area (Å²) < 4.78 is 13.6. The van der Waals surface area contributed by atoms with E-state index in [-0.39, 0.29) is 16.9 Å². The number of nitrogens with zero attached hydrogens (tertiary/aromatic N) is 1. The van der Waals surface area contributed by atoms with Crippen LogP contribution >= 0.6 is 11.3 Å². The SMILES string of the molecule is Cc1cnc(CNc2cc(C(=O)O)c(N)cc2F)s1. The Hall–Kier alpha value is -2.15. The minimum absolute atomic E-state index is 0.0966. The number of aromatic carboxylic acids is 1. The summed E-state index contributed by atoms with van der Waals surface area (Å²) in [4.78, 5) is 16.1. The monoisotopic (exact) mass is 281 g/mol. The highest BCUT2D eigenvalue weighted by Crippen LogP contribution is 2.23. The van der Waals surface area contributed by atoms with Crippen molar-refractivity contribution in [3.63, 3.8) is 0 Å². The number of anilines is 2. The highest BCUT2D eigenvalue weighted by molar-refractivity contribution is 7.11. The lowest BCUT2D eigenvalue weighted by atomic mass is 10.1. The van der Waals surface area contributed by atoms with Gasteiger partial charge in [-0.1, -0.05) is 0 Å². The van der Waals surface area contributed by atoms with Gasteiger partial charge < -0.3 is 16.2 Å². The van der Waals surface area contributed by atoms with E-state index >= 15 is 0 Å². The Labute approximate surface area is 112 Å². The van der Waals surface area contributed by atoms with Gasteiger partial charge in [-0.15, -0.1) is 11.3 Å². The van der Waals surface area contributed by atoms with E-state index in [0.717, 1.165) is 16.0 Å². The van der Waals surface area contributed by atoms with Crippen LogP contribution in [0.3, 0.4) is 0 Å². The third-order valence-corrected chi connectivity index (χ3v) is 3.38. The van der Waals surface area contributed by atoms with Crippen molar-refractivity contribution in [1.82, 2.24) is 4.98 Å². The van der Waals surface area contributed by atoms with Crippen molar-refractivity contribution in [2.45, 2.75) is 13.5 Å². The molecule has 0 aliphatic carbocycles. The van der Waals surface area contributed by atoms with Gasteiger partial charge in [0.15, 0.2) is 0 Å². The van der Waals surface area contributed by atoms with Crippen molar-refractivity contribution in [2.75, 3.05) is 11.1 Å². The van der Waals surface area contributed by atoms with Crippen molar-refractivity contribution < 1.29 is 14.3 Å². The van der Waals surface area contributed by atoms with E-state index in [9.17, 15) is 9.18 Å². The normalized spacial score (nSPS) is 10.4. The molecule has 0 amide bonds. The second-order valence-corrected chi connectivity index (χ2v) is 5.26. The van der Waals surface area contributed by atoms with Crippen LogP contribution in [0.5, 0.6) is 0 Å². The molecule has 2 aromatic rings. The number of nitrogens with two attached hydrogens (primary N) is 1. The zero-order valence-corrected chi connectivity index (χ0v) is 10.9. The maximum atomic E-state index is 13.6. The summed E-state index contributed by atoms with van der Waals surface area (Å²) >= 11 is 1.49. The Morgan fingerprint density at radius 2 is 2.32 bits per heavy atom.